The Labute approximate surface area is 183 Å². The van der Waals surface area contributed by atoms with Crippen LogP contribution in [0, 0.1) is 5.92 Å². The van der Waals surface area contributed by atoms with Crippen LogP contribution in [0.5, 0.6) is 5.75 Å². The molecule has 2 aromatic carbocycles. The molecule has 3 aliphatic rings. The minimum absolute atomic E-state index is 0.401. The zero-order valence-corrected chi connectivity index (χ0v) is 19.1. The normalized spacial score (nSPS) is 28.5. The van der Waals surface area contributed by atoms with E-state index < -0.39 is 0 Å². The molecule has 0 amide bonds. The minimum Gasteiger partial charge on any atom is -0.489 e. The van der Waals surface area contributed by atoms with Gasteiger partial charge in [0.25, 0.3) is 0 Å². The molecule has 1 heterocycles. The first kappa shape index (κ1) is 19.6. The van der Waals surface area contributed by atoms with Crippen LogP contribution in [0.25, 0.3) is 0 Å². The molecule has 0 radical (unpaired) electrons. The van der Waals surface area contributed by atoms with Gasteiger partial charge in [-0.15, -0.1) is 0 Å². The molecule has 1 aliphatic heterocycles. The summed E-state index contributed by atoms with van der Waals surface area (Å²) in [6, 6.07) is 16.2. The smallest absolute Gasteiger partial charge is 0.120 e. The SMILES string of the molecule is CCCN1CCC23CCCCC2C1Cc1ccc(OCc2ccc(Br)cc2)cc13. The molecule has 2 aromatic rings. The molecule has 3 atom stereocenters. The third kappa shape index (κ3) is 3.55. The van der Waals surface area contributed by atoms with Crippen molar-refractivity contribution in [2.75, 3.05) is 13.1 Å². The summed E-state index contributed by atoms with van der Waals surface area (Å²) in [5.41, 5.74) is 4.83. The number of piperidine rings is 1. The largest absolute Gasteiger partial charge is 0.489 e. The number of hydrogen-bond donors (Lipinski definition) is 0. The Balaban J connectivity index is 1.43. The van der Waals surface area contributed by atoms with Gasteiger partial charge in [-0.3, -0.25) is 4.90 Å². The molecule has 3 heteroatoms. The van der Waals surface area contributed by atoms with Gasteiger partial charge in [-0.2, -0.15) is 0 Å². The maximum absolute atomic E-state index is 6.25. The molecule has 0 N–H and O–H groups in total. The number of halogens is 1. The number of nitrogens with zero attached hydrogens (tertiary/aromatic N) is 1. The molecule has 2 fully saturated rings. The van der Waals surface area contributed by atoms with E-state index in [4.69, 9.17) is 4.74 Å². The van der Waals surface area contributed by atoms with Crippen molar-refractivity contribution in [2.24, 2.45) is 5.92 Å². The molecule has 5 rings (SSSR count). The van der Waals surface area contributed by atoms with Crippen molar-refractivity contribution in [3.63, 3.8) is 0 Å². The van der Waals surface area contributed by atoms with Crippen LogP contribution < -0.4 is 4.74 Å². The number of fused-ring (bicyclic) bond motifs is 1. The lowest BCUT2D eigenvalue weighted by molar-refractivity contribution is -0.0112. The van der Waals surface area contributed by atoms with Gasteiger partial charge in [0.05, 0.1) is 0 Å². The Morgan fingerprint density at radius 2 is 1.97 bits per heavy atom. The lowest BCUT2D eigenvalue weighted by Crippen LogP contribution is -2.60. The Bertz CT molecular complexity index is 864. The van der Waals surface area contributed by atoms with Gasteiger partial charge in [0.15, 0.2) is 0 Å². The molecule has 2 bridgehead atoms. The van der Waals surface area contributed by atoms with E-state index in [0.29, 0.717) is 12.0 Å². The van der Waals surface area contributed by atoms with Crippen molar-refractivity contribution in [3.8, 4) is 5.75 Å². The van der Waals surface area contributed by atoms with E-state index >= 15 is 0 Å². The van der Waals surface area contributed by atoms with Crippen LogP contribution in [0.2, 0.25) is 0 Å². The summed E-state index contributed by atoms with van der Waals surface area (Å²) in [5.74, 6) is 1.88. The van der Waals surface area contributed by atoms with E-state index in [2.05, 4.69) is 70.2 Å². The number of hydrogen-bond acceptors (Lipinski definition) is 2. The molecule has 154 valence electrons. The summed E-state index contributed by atoms with van der Waals surface area (Å²) < 4.78 is 7.36. The van der Waals surface area contributed by atoms with Gasteiger partial charge in [0.1, 0.15) is 12.4 Å². The van der Waals surface area contributed by atoms with Crippen LogP contribution >= 0.6 is 15.9 Å². The molecular weight excluding hydrogens is 422 g/mol. The number of ether oxygens (including phenoxy) is 1. The maximum Gasteiger partial charge on any atom is 0.120 e. The van der Waals surface area contributed by atoms with Gasteiger partial charge in [0.2, 0.25) is 0 Å². The predicted molar refractivity (Wildman–Crippen MR) is 123 cm³/mol. The van der Waals surface area contributed by atoms with Crippen molar-refractivity contribution in [1.29, 1.82) is 0 Å². The van der Waals surface area contributed by atoms with Gasteiger partial charge in [-0.1, -0.05) is 53.9 Å². The highest BCUT2D eigenvalue weighted by Gasteiger charge is 2.53. The van der Waals surface area contributed by atoms with Crippen LogP contribution in [0.4, 0.5) is 0 Å². The molecule has 29 heavy (non-hydrogen) atoms. The molecule has 2 nitrogen and oxygen atoms in total. The number of benzene rings is 2. The maximum atomic E-state index is 6.25. The number of likely N-dealkylation sites (tertiary alicyclic amines) is 1. The highest BCUT2D eigenvalue weighted by atomic mass is 79.9. The van der Waals surface area contributed by atoms with E-state index in [1.165, 1.54) is 63.6 Å². The van der Waals surface area contributed by atoms with Gasteiger partial charge in [-0.25, -0.2) is 0 Å². The lowest BCUT2D eigenvalue weighted by atomic mass is 9.52. The molecule has 0 spiro atoms. The van der Waals surface area contributed by atoms with Gasteiger partial charge in [0, 0.05) is 15.9 Å². The van der Waals surface area contributed by atoms with E-state index in [9.17, 15) is 0 Å². The van der Waals surface area contributed by atoms with Crippen LogP contribution in [0.1, 0.15) is 62.1 Å². The van der Waals surface area contributed by atoms with E-state index in [1.54, 1.807) is 11.1 Å². The van der Waals surface area contributed by atoms with Crippen molar-refractivity contribution in [2.45, 2.75) is 69.9 Å². The second kappa shape index (κ2) is 8.07. The summed E-state index contributed by atoms with van der Waals surface area (Å²) in [7, 11) is 0. The van der Waals surface area contributed by atoms with E-state index in [0.717, 1.165) is 22.2 Å². The first-order valence-corrected chi connectivity index (χ1v) is 12.2. The summed E-state index contributed by atoms with van der Waals surface area (Å²) in [5, 5.41) is 0. The molecule has 0 aromatic heterocycles. The second-order valence-electron chi connectivity index (χ2n) is 9.30. The summed E-state index contributed by atoms with van der Waals surface area (Å²) in [6.07, 6.45) is 9.42. The first-order chi connectivity index (χ1) is 14.2. The summed E-state index contributed by atoms with van der Waals surface area (Å²) in [4.78, 5) is 2.81. The average molecular weight is 454 g/mol. The predicted octanol–water partition coefficient (Wildman–Crippen LogP) is 6.50. The molecule has 2 aliphatic carbocycles. The second-order valence-corrected chi connectivity index (χ2v) is 10.2. The Kier molecular flexibility index (Phi) is 5.47. The van der Waals surface area contributed by atoms with E-state index in [-0.39, 0.29) is 0 Å². The third-order valence-electron chi connectivity index (χ3n) is 7.75. The average Bonchev–Trinajstić information content (AvgIpc) is 2.75. The van der Waals surface area contributed by atoms with Crippen molar-refractivity contribution in [1.82, 2.24) is 4.90 Å². The minimum atomic E-state index is 0.401. The molecular formula is C26H32BrNO. The van der Waals surface area contributed by atoms with Crippen molar-refractivity contribution >= 4 is 15.9 Å². The van der Waals surface area contributed by atoms with Gasteiger partial charge < -0.3 is 4.74 Å². The van der Waals surface area contributed by atoms with Crippen LogP contribution in [0.3, 0.4) is 0 Å². The van der Waals surface area contributed by atoms with Crippen LogP contribution in [0.15, 0.2) is 46.9 Å². The number of rotatable bonds is 5. The fourth-order valence-corrected chi connectivity index (χ4v) is 6.73. The third-order valence-corrected chi connectivity index (χ3v) is 8.28. The van der Waals surface area contributed by atoms with Gasteiger partial charge in [-0.05, 0) is 92.1 Å². The molecule has 1 saturated heterocycles. The van der Waals surface area contributed by atoms with Gasteiger partial charge >= 0.3 is 0 Å². The zero-order valence-electron chi connectivity index (χ0n) is 17.5. The van der Waals surface area contributed by atoms with Crippen molar-refractivity contribution < 1.29 is 4.74 Å². The Morgan fingerprint density at radius 1 is 1.10 bits per heavy atom. The highest BCUT2D eigenvalue weighted by molar-refractivity contribution is 9.10. The summed E-state index contributed by atoms with van der Waals surface area (Å²) in [6.45, 7) is 5.50. The van der Waals surface area contributed by atoms with E-state index in [1.807, 2.05) is 0 Å². The summed E-state index contributed by atoms with van der Waals surface area (Å²) >= 11 is 3.51. The Morgan fingerprint density at radius 3 is 2.79 bits per heavy atom. The van der Waals surface area contributed by atoms with Crippen LogP contribution in [-0.2, 0) is 18.4 Å². The van der Waals surface area contributed by atoms with Crippen molar-refractivity contribution in [3.05, 3.63) is 63.6 Å². The standard InChI is InChI=1S/C26H32BrNO/c1-2-14-28-15-13-26-12-4-3-5-23(26)25(28)16-20-8-11-22(17-24(20)26)29-18-19-6-9-21(27)10-7-19/h6-11,17,23,25H,2-5,12-16,18H2,1H3. The lowest BCUT2D eigenvalue weighted by Gasteiger charge is -2.59. The van der Waals surface area contributed by atoms with Crippen LogP contribution in [-0.4, -0.2) is 24.0 Å². The molecule has 3 unspecified atom stereocenters. The highest BCUT2D eigenvalue weighted by Crippen LogP contribution is 2.56. The fraction of sp³-hybridized carbons (Fsp3) is 0.538. The fourth-order valence-electron chi connectivity index (χ4n) is 6.47. The quantitative estimate of drug-likeness (QED) is 0.512. The first-order valence-electron chi connectivity index (χ1n) is 11.4. The Hall–Kier alpha value is -1.32. The monoisotopic (exact) mass is 453 g/mol. The topological polar surface area (TPSA) is 12.5 Å². The zero-order chi connectivity index (χ0) is 19.8. The molecule has 1 saturated carbocycles.